The summed E-state index contributed by atoms with van der Waals surface area (Å²) in [5, 5.41) is 3.29. The highest BCUT2D eigenvalue weighted by atomic mass is 32.2. The maximum absolute atomic E-state index is 13.5. The highest BCUT2D eigenvalue weighted by Gasteiger charge is 2.28. The first-order chi connectivity index (χ1) is 11.2. The molecule has 0 aliphatic carbocycles. The number of piperazine rings is 1. The van der Waals surface area contributed by atoms with Gasteiger partial charge in [-0.15, -0.1) is 11.8 Å². The van der Waals surface area contributed by atoms with Gasteiger partial charge in [-0.25, -0.2) is 4.39 Å². The zero-order valence-corrected chi connectivity index (χ0v) is 13.8. The van der Waals surface area contributed by atoms with Crippen LogP contribution in [0.1, 0.15) is 22.0 Å². The molecule has 23 heavy (non-hydrogen) atoms. The van der Waals surface area contributed by atoms with Gasteiger partial charge >= 0.3 is 0 Å². The van der Waals surface area contributed by atoms with E-state index >= 15 is 0 Å². The van der Waals surface area contributed by atoms with Crippen molar-refractivity contribution in [1.82, 2.24) is 10.2 Å². The van der Waals surface area contributed by atoms with Gasteiger partial charge in [0.15, 0.2) is 0 Å². The highest BCUT2D eigenvalue weighted by Crippen LogP contribution is 2.25. The number of benzene rings is 2. The number of rotatable bonds is 3. The third kappa shape index (κ3) is 3.57. The average molecular weight is 330 g/mol. The number of carbonyl (C=O) groups excluding carboxylic acids is 1. The van der Waals surface area contributed by atoms with Crippen LogP contribution in [0.25, 0.3) is 0 Å². The molecule has 2 aromatic carbocycles. The Labute approximate surface area is 139 Å². The Morgan fingerprint density at radius 2 is 2.04 bits per heavy atom. The lowest BCUT2D eigenvalue weighted by Crippen LogP contribution is -2.48. The molecule has 1 N–H and O–H groups in total. The van der Waals surface area contributed by atoms with Crippen LogP contribution in [0.15, 0.2) is 53.4 Å². The summed E-state index contributed by atoms with van der Waals surface area (Å²) in [4.78, 5) is 15.8. The second kappa shape index (κ2) is 7.15. The van der Waals surface area contributed by atoms with Crippen LogP contribution < -0.4 is 5.32 Å². The number of nitrogens with one attached hydrogen (secondary N) is 1. The largest absolute Gasteiger partial charge is 0.329 e. The Kier molecular flexibility index (Phi) is 4.98. The fraction of sp³-hybridized carbons (Fsp3) is 0.278. The fourth-order valence-electron chi connectivity index (χ4n) is 2.86. The van der Waals surface area contributed by atoms with Gasteiger partial charge in [0.05, 0.1) is 6.04 Å². The van der Waals surface area contributed by atoms with Crippen molar-refractivity contribution in [3.63, 3.8) is 0 Å². The molecule has 1 amide bonds. The van der Waals surface area contributed by atoms with Crippen molar-refractivity contribution >= 4 is 17.7 Å². The molecule has 1 aliphatic rings. The summed E-state index contributed by atoms with van der Waals surface area (Å²) in [6, 6.07) is 14.0. The number of halogens is 1. The molecule has 1 atom stereocenters. The highest BCUT2D eigenvalue weighted by molar-refractivity contribution is 7.98. The van der Waals surface area contributed by atoms with Crippen molar-refractivity contribution in [3.05, 3.63) is 65.5 Å². The van der Waals surface area contributed by atoms with Gasteiger partial charge in [0.2, 0.25) is 0 Å². The van der Waals surface area contributed by atoms with Crippen molar-refractivity contribution in [1.29, 1.82) is 0 Å². The minimum Gasteiger partial charge on any atom is -0.329 e. The lowest BCUT2D eigenvalue weighted by molar-refractivity contribution is 0.0634. The number of hydrogen-bond acceptors (Lipinski definition) is 3. The van der Waals surface area contributed by atoms with Crippen LogP contribution in [0, 0.1) is 5.82 Å². The van der Waals surface area contributed by atoms with Crippen LogP contribution in [0.3, 0.4) is 0 Å². The van der Waals surface area contributed by atoms with Gasteiger partial charge in [0.25, 0.3) is 5.91 Å². The zero-order chi connectivity index (χ0) is 16.2. The third-order valence-electron chi connectivity index (χ3n) is 4.07. The van der Waals surface area contributed by atoms with Gasteiger partial charge in [-0.1, -0.05) is 12.1 Å². The molecule has 1 heterocycles. The molecule has 3 nitrogen and oxygen atoms in total. The average Bonchev–Trinajstić information content (AvgIpc) is 2.61. The van der Waals surface area contributed by atoms with Crippen molar-refractivity contribution in [2.24, 2.45) is 0 Å². The Bertz CT molecular complexity index is 690. The number of nitrogens with zero attached hydrogens (tertiary/aromatic N) is 1. The number of amides is 1. The zero-order valence-electron chi connectivity index (χ0n) is 13.0. The van der Waals surface area contributed by atoms with Gasteiger partial charge in [0.1, 0.15) is 5.82 Å². The molecule has 0 bridgehead atoms. The molecule has 1 saturated heterocycles. The summed E-state index contributed by atoms with van der Waals surface area (Å²) in [5.74, 6) is -0.279. The fourth-order valence-corrected chi connectivity index (χ4v) is 3.27. The van der Waals surface area contributed by atoms with E-state index in [4.69, 9.17) is 0 Å². The summed E-state index contributed by atoms with van der Waals surface area (Å²) in [6.45, 7) is 2.00. The predicted octanol–water partition coefficient (Wildman–Crippen LogP) is 3.33. The molecule has 0 radical (unpaired) electrons. The van der Waals surface area contributed by atoms with Crippen molar-refractivity contribution in [2.45, 2.75) is 10.9 Å². The van der Waals surface area contributed by atoms with Crippen LogP contribution >= 0.6 is 11.8 Å². The molecule has 1 unspecified atom stereocenters. The molecular weight excluding hydrogens is 311 g/mol. The lowest BCUT2D eigenvalue weighted by atomic mass is 10.0. The van der Waals surface area contributed by atoms with Gasteiger partial charge in [-0.2, -0.15) is 0 Å². The van der Waals surface area contributed by atoms with Gasteiger partial charge in [0, 0.05) is 30.1 Å². The first-order valence-corrected chi connectivity index (χ1v) is 8.83. The number of hydrogen-bond donors (Lipinski definition) is 1. The minimum atomic E-state index is -0.273. The smallest absolute Gasteiger partial charge is 0.254 e. The summed E-state index contributed by atoms with van der Waals surface area (Å²) < 4.78 is 13.5. The van der Waals surface area contributed by atoms with E-state index in [1.54, 1.807) is 17.8 Å². The SMILES string of the molecule is CSc1ccc(C(=O)N2CCNCC2c2cccc(F)c2)cc1. The topological polar surface area (TPSA) is 32.3 Å². The molecule has 1 fully saturated rings. The molecule has 3 rings (SSSR count). The summed E-state index contributed by atoms with van der Waals surface area (Å²) in [7, 11) is 0. The van der Waals surface area contributed by atoms with Crippen molar-refractivity contribution < 1.29 is 9.18 Å². The molecular formula is C18H19FN2OS. The normalized spacial score (nSPS) is 18.0. The quantitative estimate of drug-likeness (QED) is 0.876. The van der Waals surface area contributed by atoms with E-state index in [0.717, 1.165) is 17.0 Å². The maximum Gasteiger partial charge on any atom is 0.254 e. The summed E-state index contributed by atoms with van der Waals surface area (Å²) in [6.07, 6.45) is 2.01. The van der Waals surface area contributed by atoms with Gasteiger partial charge in [-0.05, 0) is 48.2 Å². The van der Waals surface area contributed by atoms with E-state index in [-0.39, 0.29) is 17.8 Å². The van der Waals surface area contributed by atoms with Crippen molar-refractivity contribution in [3.8, 4) is 0 Å². The summed E-state index contributed by atoms with van der Waals surface area (Å²) in [5.41, 5.74) is 1.50. The molecule has 2 aromatic rings. The number of thioether (sulfide) groups is 1. The van der Waals surface area contributed by atoms with Crippen LogP contribution in [-0.2, 0) is 0 Å². The molecule has 0 saturated carbocycles. The van der Waals surface area contributed by atoms with Crippen LogP contribution in [-0.4, -0.2) is 36.7 Å². The molecule has 120 valence electrons. The third-order valence-corrected chi connectivity index (χ3v) is 4.82. The standard InChI is InChI=1S/C18H19FN2OS/c1-23-16-7-5-13(6-8-16)18(22)21-10-9-20-12-17(21)14-3-2-4-15(19)11-14/h2-8,11,17,20H,9-10,12H2,1H3. The monoisotopic (exact) mass is 330 g/mol. The molecule has 0 spiro atoms. The van der Waals surface area contributed by atoms with E-state index in [0.29, 0.717) is 18.7 Å². The van der Waals surface area contributed by atoms with Gasteiger partial charge < -0.3 is 10.2 Å². The Balaban J connectivity index is 1.86. The molecule has 0 aromatic heterocycles. The Hall–Kier alpha value is -1.85. The Morgan fingerprint density at radius 1 is 1.26 bits per heavy atom. The van der Waals surface area contributed by atoms with E-state index in [2.05, 4.69) is 5.32 Å². The second-order valence-corrected chi connectivity index (χ2v) is 6.38. The Morgan fingerprint density at radius 3 is 2.74 bits per heavy atom. The van der Waals surface area contributed by atoms with Crippen molar-refractivity contribution in [2.75, 3.05) is 25.9 Å². The number of carbonyl (C=O) groups is 1. The second-order valence-electron chi connectivity index (χ2n) is 5.50. The molecule has 1 aliphatic heterocycles. The summed E-state index contributed by atoms with van der Waals surface area (Å²) >= 11 is 1.65. The maximum atomic E-state index is 13.5. The lowest BCUT2D eigenvalue weighted by Gasteiger charge is -2.36. The van der Waals surface area contributed by atoms with E-state index in [1.165, 1.54) is 12.1 Å². The minimum absolute atomic E-state index is 0.00610. The van der Waals surface area contributed by atoms with E-state index in [9.17, 15) is 9.18 Å². The van der Waals surface area contributed by atoms with Crippen LogP contribution in [0.5, 0.6) is 0 Å². The van der Waals surface area contributed by atoms with Crippen LogP contribution in [0.4, 0.5) is 4.39 Å². The van der Waals surface area contributed by atoms with E-state index in [1.807, 2.05) is 41.5 Å². The van der Waals surface area contributed by atoms with E-state index < -0.39 is 0 Å². The predicted molar refractivity (Wildman–Crippen MR) is 91.3 cm³/mol. The molecule has 5 heteroatoms. The van der Waals surface area contributed by atoms with Gasteiger partial charge in [-0.3, -0.25) is 4.79 Å². The first kappa shape index (κ1) is 16.0. The first-order valence-electron chi connectivity index (χ1n) is 7.60. The van der Waals surface area contributed by atoms with Crippen LogP contribution in [0.2, 0.25) is 0 Å².